The van der Waals surface area contributed by atoms with Crippen molar-refractivity contribution >= 4 is 22.3 Å². The van der Waals surface area contributed by atoms with E-state index in [-0.39, 0.29) is 0 Å². The van der Waals surface area contributed by atoms with E-state index in [9.17, 15) is 5.11 Å². The summed E-state index contributed by atoms with van der Waals surface area (Å²) in [5.74, 6) is 1.17. The molecule has 0 saturated carbocycles. The number of aromatic hydroxyl groups is 1. The molecule has 3 aromatic carbocycles. The van der Waals surface area contributed by atoms with Gasteiger partial charge in [-0.25, -0.2) is 0 Å². The number of aromatic nitrogens is 1. The number of benzene rings is 3. The third-order valence-corrected chi connectivity index (χ3v) is 6.47. The highest BCUT2D eigenvalue weighted by Gasteiger charge is 2.14. The normalized spacial score (nSPS) is 11.1. The quantitative estimate of drug-likeness (QED) is 0.160. The zero-order chi connectivity index (χ0) is 25.3. The Bertz CT molecular complexity index is 1270. The molecule has 36 heavy (non-hydrogen) atoms. The van der Waals surface area contributed by atoms with Crippen LogP contribution < -0.4 is 15.4 Å². The molecule has 1 aromatic heterocycles. The van der Waals surface area contributed by atoms with Gasteiger partial charge in [0.15, 0.2) is 0 Å². The van der Waals surface area contributed by atoms with Crippen LogP contribution in [-0.2, 0) is 6.54 Å². The first-order chi connectivity index (χ1) is 17.6. The van der Waals surface area contributed by atoms with E-state index in [0.717, 1.165) is 77.3 Å². The highest BCUT2D eigenvalue weighted by Crippen LogP contribution is 2.36. The smallest absolute Gasteiger partial charge is 0.128 e. The van der Waals surface area contributed by atoms with E-state index in [2.05, 4.69) is 40.4 Å². The summed E-state index contributed by atoms with van der Waals surface area (Å²) < 4.78 is 5.46. The van der Waals surface area contributed by atoms with E-state index >= 15 is 0 Å². The molecule has 0 aliphatic carbocycles. The number of nitrogens with zero attached hydrogens (tertiary/aromatic N) is 2. The molecule has 0 unspecified atom stereocenters. The number of hydrogen-bond acceptors (Lipinski definition) is 6. The van der Waals surface area contributed by atoms with Crippen LogP contribution in [0.15, 0.2) is 72.9 Å². The van der Waals surface area contributed by atoms with Crippen molar-refractivity contribution in [2.24, 2.45) is 0 Å². The van der Waals surface area contributed by atoms with Gasteiger partial charge < -0.3 is 20.5 Å². The fourth-order valence-electron chi connectivity index (χ4n) is 4.40. The largest absolute Gasteiger partial charge is 0.507 e. The Hall–Kier alpha value is -3.77. The van der Waals surface area contributed by atoms with Gasteiger partial charge in [-0.05, 0) is 49.3 Å². The second-order valence-corrected chi connectivity index (χ2v) is 8.82. The molecule has 188 valence electrons. The minimum Gasteiger partial charge on any atom is -0.507 e. The molecule has 0 bridgehead atoms. The summed E-state index contributed by atoms with van der Waals surface area (Å²) in [7, 11) is 1.68. The fraction of sp³-hybridized carbons (Fsp3) is 0.300. The van der Waals surface area contributed by atoms with Gasteiger partial charge in [0.2, 0.25) is 0 Å². The predicted molar refractivity (Wildman–Crippen MR) is 150 cm³/mol. The van der Waals surface area contributed by atoms with Gasteiger partial charge in [-0.3, -0.25) is 9.88 Å². The standard InChI is InChI=1S/C30H36N4O2/c1-4-34(5-2)21-24-17-25(19-27(30(24)35)22-11-7-6-8-12-22)31-15-10-16-32-28-20-26(36-3)18-23-13-9-14-33-29(23)28/h6-9,11-14,17-20,31-32,35H,4-5,10,15-16,21H2,1-3H3. The number of methoxy groups -OCH3 is 1. The van der Waals surface area contributed by atoms with E-state index in [1.54, 1.807) is 7.11 Å². The fourth-order valence-corrected chi connectivity index (χ4v) is 4.40. The van der Waals surface area contributed by atoms with Crippen LogP contribution in [0.2, 0.25) is 0 Å². The summed E-state index contributed by atoms with van der Waals surface area (Å²) in [5.41, 5.74) is 5.74. The maximum atomic E-state index is 11.1. The van der Waals surface area contributed by atoms with Crippen molar-refractivity contribution in [2.45, 2.75) is 26.8 Å². The minimum atomic E-state index is 0.359. The van der Waals surface area contributed by atoms with E-state index in [4.69, 9.17) is 4.74 Å². The molecule has 4 rings (SSSR count). The lowest BCUT2D eigenvalue weighted by Crippen LogP contribution is -2.22. The zero-order valence-corrected chi connectivity index (χ0v) is 21.4. The molecule has 0 spiro atoms. The minimum absolute atomic E-state index is 0.359. The Morgan fingerprint density at radius 2 is 1.69 bits per heavy atom. The van der Waals surface area contributed by atoms with E-state index in [1.807, 2.05) is 66.9 Å². The van der Waals surface area contributed by atoms with Gasteiger partial charge in [-0.2, -0.15) is 0 Å². The Labute approximate surface area is 213 Å². The third-order valence-electron chi connectivity index (χ3n) is 6.47. The van der Waals surface area contributed by atoms with Crippen molar-refractivity contribution < 1.29 is 9.84 Å². The van der Waals surface area contributed by atoms with E-state index < -0.39 is 0 Å². The Morgan fingerprint density at radius 3 is 2.44 bits per heavy atom. The number of nitrogens with one attached hydrogen (secondary N) is 2. The van der Waals surface area contributed by atoms with Crippen LogP contribution >= 0.6 is 0 Å². The maximum absolute atomic E-state index is 11.1. The van der Waals surface area contributed by atoms with Crippen molar-refractivity contribution in [1.82, 2.24) is 9.88 Å². The number of ether oxygens (including phenoxy) is 1. The van der Waals surface area contributed by atoms with Gasteiger partial charge in [0.05, 0.1) is 18.3 Å². The van der Waals surface area contributed by atoms with Crippen molar-refractivity contribution in [3.63, 3.8) is 0 Å². The number of hydrogen-bond donors (Lipinski definition) is 3. The van der Waals surface area contributed by atoms with E-state index in [1.165, 1.54) is 0 Å². The van der Waals surface area contributed by atoms with Gasteiger partial charge in [-0.15, -0.1) is 0 Å². The van der Waals surface area contributed by atoms with Crippen molar-refractivity contribution in [3.05, 3.63) is 78.5 Å². The van der Waals surface area contributed by atoms with Crippen molar-refractivity contribution in [3.8, 4) is 22.6 Å². The molecule has 0 amide bonds. The molecule has 0 fully saturated rings. The van der Waals surface area contributed by atoms with Gasteiger partial charge in [0.1, 0.15) is 11.5 Å². The van der Waals surface area contributed by atoms with Crippen LogP contribution in [0.1, 0.15) is 25.8 Å². The van der Waals surface area contributed by atoms with Gasteiger partial charge >= 0.3 is 0 Å². The zero-order valence-electron chi connectivity index (χ0n) is 21.4. The van der Waals surface area contributed by atoms with Crippen LogP contribution in [0, 0.1) is 0 Å². The molecule has 6 nitrogen and oxygen atoms in total. The monoisotopic (exact) mass is 484 g/mol. The molecule has 0 atom stereocenters. The second kappa shape index (κ2) is 12.3. The summed E-state index contributed by atoms with van der Waals surface area (Å²) in [4.78, 5) is 6.85. The first kappa shape index (κ1) is 25.3. The van der Waals surface area contributed by atoms with Crippen LogP contribution in [0.5, 0.6) is 11.5 Å². The van der Waals surface area contributed by atoms with Crippen LogP contribution in [0.25, 0.3) is 22.0 Å². The lowest BCUT2D eigenvalue weighted by Gasteiger charge is -2.21. The number of pyridine rings is 1. The molecule has 0 aliphatic rings. The summed E-state index contributed by atoms with van der Waals surface area (Å²) in [6, 6.07) is 22.2. The molecule has 0 saturated heterocycles. The molecule has 0 radical (unpaired) electrons. The number of anilines is 2. The van der Waals surface area contributed by atoms with E-state index in [0.29, 0.717) is 12.3 Å². The summed E-state index contributed by atoms with van der Waals surface area (Å²) in [5, 5.41) is 19.2. The molecule has 4 aromatic rings. The number of fused-ring (bicyclic) bond motifs is 1. The molecular weight excluding hydrogens is 448 g/mol. The van der Waals surface area contributed by atoms with Crippen LogP contribution in [0.3, 0.4) is 0 Å². The maximum Gasteiger partial charge on any atom is 0.128 e. The van der Waals surface area contributed by atoms with Gasteiger partial charge in [-0.1, -0.05) is 50.2 Å². The van der Waals surface area contributed by atoms with Gasteiger partial charge in [0.25, 0.3) is 0 Å². The van der Waals surface area contributed by atoms with Gasteiger partial charge in [0, 0.05) is 54.1 Å². The summed E-state index contributed by atoms with van der Waals surface area (Å²) in [6.45, 7) is 8.48. The molecule has 6 heteroatoms. The average molecular weight is 485 g/mol. The first-order valence-corrected chi connectivity index (χ1v) is 12.7. The second-order valence-electron chi connectivity index (χ2n) is 8.82. The number of phenolic OH excluding ortho intramolecular Hbond substituents is 1. The highest BCUT2D eigenvalue weighted by molar-refractivity contribution is 5.91. The molecular formula is C30H36N4O2. The lowest BCUT2D eigenvalue weighted by atomic mass is 9.99. The lowest BCUT2D eigenvalue weighted by molar-refractivity contribution is 0.291. The van der Waals surface area contributed by atoms with Crippen LogP contribution in [0.4, 0.5) is 11.4 Å². The Morgan fingerprint density at radius 1 is 0.917 bits per heavy atom. The Kier molecular flexibility index (Phi) is 8.63. The third kappa shape index (κ3) is 6.07. The topological polar surface area (TPSA) is 69.7 Å². The summed E-state index contributed by atoms with van der Waals surface area (Å²) >= 11 is 0. The SMILES string of the molecule is CCN(CC)Cc1cc(NCCCNc2cc(OC)cc3cccnc23)cc(-c2ccccc2)c1O. The molecule has 3 N–H and O–H groups in total. The highest BCUT2D eigenvalue weighted by atomic mass is 16.5. The molecule has 0 aliphatic heterocycles. The number of rotatable bonds is 12. The average Bonchev–Trinajstić information content (AvgIpc) is 2.93. The van der Waals surface area contributed by atoms with Crippen LogP contribution in [-0.4, -0.2) is 48.3 Å². The molecule has 1 heterocycles. The summed E-state index contributed by atoms with van der Waals surface area (Å²) in [6.07, 6.45) is 2.73. The Balaban J connectivity index is 1.45. The predicted octanol–water partition coefficient (Wildman–Crippen LogP) is 6.37. The van der Waals surface area contributed by atoms with Crippen molar-refractivity contribution in [1.29, 1.82) is 0 Å². The van der Waals surface area contributed by atoms with Crippen molar-refractivity contribution in [2.75, 3.05) is 43.9 Å². The number of phenols is 1. The first-order valence-electron chi connectivity index (χ1n) is 12.7.